The molecule has 0 aliphatic carbocycles. The number of aliphatic hydroxyl groups is 1. The van der Waals surface area contributed by atoms with Gasteiger partial charge in [-0.1, -0.05) is 0 Å². The molecule has 0 spiro atoms. The van der Waals surface area contributed by atoms with Crippen molar-refractivity contribution in [2.75, 3.05) is 19.8 Å². The highest BCUT2D eigenvalue weighted by Gasteiger charge is 2.59. The van der Waals surface area contributed by atoms with Gasteiger partial charge in [0.05, 0.1) is 13.2 Å². The van der Waals surface area contributed by atoms with Gasteiger partial charge in [0.15, 0.2) is 17.9 Å². The van der Waals surface area contributed by atoms with Gasteiger partial charge in [0.1, 0.15) is 24.4 Å². The van der Waals surface area contributed by atoms with Crippen LogP contribution in [0.3, 0.4) is 0 Å². The molecule has 0 saturated carbocycles. The zero-order valence-electron chi connectivity index (χ0n) is 13.6. The Labute approximate surface area is 130 Å². The van der Waals surface area contributed by atoms with E-state index < -0.39 is 17.9 Å². The third kappa shape index (κ3) is 3.31. The molecule has 0 unspecified atom stereocenters. The maximum atomic E-state index is 8.88. The van der Waals surface area contributed by atoms with Gasteiger partial charge in [0.2, 0.25) is 0 Å². The van der Waals surface area contributed by atoms with Gasteiger partial charge in [-0.15, -0.1) is 0 Å². The number of fused-ring (bicyclic) bond motifs is 1. The Bertz CT molecular complexity index is 397. The molecule has 3 rings (SSSR count). The summed E-state index contributed by atoms with van der Waals surface area (Å²) in [6.07, 6.45) is -1.03. The van der Waals surface area contributed by atoms with Crippen LogP contribution in [0.25, 0.3) is 0 Å². The van der Waals surface area contributed by atoms with Gasteiger partial charge in [-0.05, 0) is 34.1 Å². The molecule has 0 aromatic heterocycles. The summed E-state index contributed by atoms with van der Waals surface area (Å²) >= 11 is 0. The second kappa shape index (κ2) is 5.98. The van der Waals surface area contributed by atoms with E-state index in [1.54, 1.807) is 0 Å². The topological polar surface area (TPSA) is 75.6 Å². The van der Waals surface area contributed by atoms with E-state index in [1.165, 1.54) is 0 Å². The van der Waals surface area contributed by atoms with E-state index in [9.17, 15) is 0 Å². The molecule has 0 radical (unpaired) electrons. The number of aliphatic hydroxyl groups excluding tert-OH is 1. The van der Waals surface area contributed by atoms with Crippen molar-refractivity contribution in [1.29, 1.82) is 0 Å². The molecule has 3 saturated heterocycles. The lowest BCUT2D eigenvalue weighted by atomic mass is 10.1. The molecular weight excluding hydrogens is 292 g/mol. The maximum Gasteiger partial charge on any atom is 0.187 e. The van der Waals surface area contributed by atoms with Crippen molar-refractivity contribution in [2.45, 2.75) is 76.4 Å². The molecule has 0 aromatic carbocycles. The fourth-order valence-corrected chi connectivity index (χ4v) is 3.17. The van der Waals surface area contributed by atoms with Gasteiger partial charge in [0.25, 0.3) is 0 Å². The summed E-state index contributed by atoms with van der Waals surface area (Å²) in [6.45, 7) is 8.46. The summed E-state index contributed by atoms with van der Waals surface area (Å²) in [6, 6.07) is 0. The summed E-state index contributed by atoms with van der Waals surface area (Å²) in [4.78, 5) is 0. The summed E-state index contributed by atoms with van der Waals surface area (Å²) in [5.74, 6) is -1.29. The molecule has 3 heterocycles. The van der Waals surface area contributed by atoms with Crippen LogP contribution in [0.1, 0.15) is 34.1 Å². The third-order valence-corrected chi connectivity index (χ3v) is 4.03. The van der Waals surface area contributed by atoms with Gasteiger partial charge in [-0.3, -0.25) is 0 Å². The van der Waals surface area contributed by atoms with E-state index in [0.717, 1.165) is 0 Å². The van der Waals surface area contributed by atoms with Crippen molar-refractivity contribution >= 4 is 0 Å². The van der Waals surface area contributed by atoms with E-state index in [0.29, 0.717) is 19.6 Å². The molecule has 128 valence electrons. The lowest BCUT2D eigenvalue weighted by Gasteiger charge is -2.26. The second-order valence-electron chi connectivity index (χ2n) is 6.85. The average molecular weight is 318 g/mol. The fourth-order valence-electron chi connectivity index (χ4n) is 3.17. The van der Waals surface area contributed by atoms with Crippen LogP contribution in [0.5, 0.6) is 0 Å². The zero-order valence-corrected chi connectivity index (χ0v) is 13.6. The molecule has 3 aliphatic rings. The van der Waals surface area contributed by atoms with Gasteiger partial charge >= 0.3 is 0 Å². The Balaban J connectivity index is 1.69. The van der Waals surface area contributed by atoms with Gasteiger partial charge in [0, 0.05) is 6.61 Å². The van der Waals surface area contributed by atoms with Crippen molar-refractivity contribution in [3.8, 4) is 0 Å². The maximum absolute atomic E-state index is 8.88. The summed E-state index contributed by atoms with van der Waals surface area (Å²) < 4.78 is 35.1. The first kappa shape index (κ1) is 16.6. The van der Waals surface area contributed by atoms with Crippen LogP contribution >= 0.6 is 0 Å². The molecule has 0 aromatic rings. The molecule has 5 atom stereocenters. The van der Waals surface area contributed by atoms with Crippen molar-refractivity contribution in [3.05, 3.63) is 0 Å². The molecule has 0 amide bonds. The molecule has 3 aliphatic heterocycles. The lowest BCUT2D eigenvalue weighted by Crippen LogP contribution is -2.40. The third-order valence-electron chi connectivity index (χ3n) is 4.03. The first-order valence-electron chi connectivity index (χ1n) is 7.87. The predicted octanol–water partition coefficient (Wildman–Crippen LogP) is 0.782. The average Bonchev–Trinajstić information content (AvgIpc) is 3.02. The highest BCUT2D eigenvalue weighted by molar-refractivity contribution is 4.99. The van der Waals surface area contributed by atoms with Crippen LogP contribution in [-0.4, -0.2) is 67.2 Å². The van der Waals surface area contributed by atoms with Gasteiger partial charge < -0.3 is 33.5 Å². The smallest absolute Gasteiger partial charge is 0.187 e. The Morgan fingerprint density at radius 2 is 1.73 bits per heavy atom. The van der Waals surface area contributed by atoms with Crippen LogP contribution in [0.15, 0.2) is 0 Å². The van der Waals surface area contributed by atoms with Crippen LogP contribution < -0.4 is 0 Å². The van der Waals surface area contributed by atoms with Crippen LogP contribution in [-0.2, 0) is 28.4 Å². The summed E-state index contributed by atoms with van der Waals surface area (Å²) in [7, 11) is 0. The molecule has 0 bridgehead atoms. The Morgan fingerprint density at radius 1 is 1.00 bits per heavy atom. The Kier molecular flexibility index (Phi) is 4.50. The zero-order chi connectivity index (χ0) is 16.0. The van der Waals surface area contributed by atoms with E-state index in [-0.39, 0.29) is 31.0 Å². The van der Waals surface area contributed by atoms with Crippen molar-refractivity contribution in [2.24, 2.45) is 0 Å². The minimum atomic E-state index is -0.676. The largest absolute Gasteiger partial charge is 0.396 e. The molecule has 1 N–H and O–H groups in total. The van der Waals surface area contributed by atoms with E-state index in [4.69, 9.17) is 33.5 Å². The molecule has 3 fully saturated rings. The SMILES string of the molecule is CC1(C)O[C@@H]2[C@H](O1)[C@@H](OCCCO)O[C@@H]2[C@H]1COC(C)(C)O1. The minimum Gasteiger partial charge on any atom is -0.396 e. The summed E-state index contributed by atoms with van der Waals surface area (Å²) in [5, 5.41) is 8.88. The number of ether oxygens (including phenoxy) is 6. The molecule has 7 heteroatoms. The normalized spacial score (nSPS) is 42.7. The standard InChI is InChI=1S/C15H26O7/c1-14(2)18-8-9(20-14)10-11-12(22-15(3,4)21-11)13(19-10)17-7-5-6-16/h9-13,16H,5-8H2,1-4H3/t9-,10-,11+,12+,13+/m1/s1. The Morgan fingerprint density at radius 3 is 2.36 bits per heavy atom. The number of hydrogen-bond donors (Lipinski definition) is 1. The van der Waals surface area contributed by atoms with Crippen LogP contribution in [0.2, 0.25) is 0 Å². The van der Waals surface area contributed by atoms with Crippen LogP contribution in [0, 0.1) is 0 Å². The quantitative estimate of drug-likeness (QED) is 0.751. The molecule has 22 heavy (non-hydrogen) atoms. The second-order valence-corrected chi connectivity index (χ2v) is 6.85. The first-order chi connectivity index (χ1) is 10.3. The fraction of sp³-hybridized carbons (Fsp3) is 1.00. The van der Waals surface area contributed by atoms with E-state index in [1.807, 2.05) is 27.7 Å². The lowest BCUT2D eigenvalue weighted by molar-refractivity contribution is -0.247. The highest BCUT2D eigenvalue weighted by Crippen LogP contribution is 2.42. The van der Waals surface area contributed by atoms with Crippen molar-refractivity contribution in [1.82, 2.24) is 0 Å². The number of hydrogen-bond acceptors (Lipinski definition) is 7. The molecular formula is C15H26O7. The minimum absolute atomic E-state index is 0.0842. The van der Waals surface area contributed by atoms with Crippen molar-refractivity contribution in [3.63, 3.8) is 0 Å². The van der Waals surface area contributed by atoms with Crippen molar-refractivity contribution < 1.29 is 33.5 Å². The number of rotatable bonds is 5. The predicted molar refractivity (Wildman–Crippen MR) is 75.0 cm³/mol. The summed E-state index contributed by atoms with van der Waals surface area (Å²) in [5.41, 5.74) is 0. The Hall–Kier alpha value is -0.280. The first-order valence-corrected chi connectivity index (χ1v) is 7.87. The van der Waals surface area contributed by atoms with E-state index in [2.05, 4.69) is 0 Å². The monoisotopic (exact) mass is 318 g/mol. The van der Waals surface area contributed by atoms with Gasteiger partial charge in [-0.2, -0.15) is 0 Å². The van der Waals surface area contributed by atoms with Crippen LogP contribution in [0.4, 0.5) is 0 Å². The highest BCUT2D eigenvalue weighted by atomic mass is 16.8. The van der Waals surface area contributed by atoms with Gasteiger partial charge in [-0.25, -0.2) is 0 Å². The molecule has 7 nitrogen and oxygen atoms in total. The van der Waals surface area contributed by atoms with E-state index >= 15 is 0 Å².